The Kier molecular flexibility index (Phi) is 6.11. The van der Waals surface area contributed by atoms with Crippen molar-refractivity contribution in [2.24, 2.45) is 0 Å². The fraction of sp³-hybridized carbons (Fsp3) is 0.824. The minimum absolute atomic E-state index is 0.0443. The molecule has 2 aliphatic heterocycles. The van der Waals surface area contributed by atoms with Crippen molar-refractivity contribution in [2.75, 3.05) is 13.1 Å². The van der Waals surface area contributed by atoms with Gasteiger partial charge in [-0.25, -0.2) is 4.79 Å². The van der Waals surface area contributed by atoms with Crippen molar-refractivity contribution in [1.82, 2.24) is 4.90 Å². The molecule has 0 aromatic rings. The van der Waals surface area contributed by atoms with Crippen LogP contribution in [0.5, 0.6) is 0 Å². The van der Waals surface area contributed by atoms with Gasteiger partial charge in [-0.15, -0.1) is 0 Å². The van der Waals surface area contributed by atoms with E-state index in [9.17, 15) is 4.79 Å². The van der Waals surface area contributed by atoms with Gasteiger partial charge in [-0.2, -0.15) is 0 Å². The molecule has 0 bridgehead atoms. The van der Waals surface area contributed by atoms with Crippen LogP contribution in [0, 0.1) is 0 Å². The number of carbonyl (C=O) groups excluding carboxylic acids is 1. The van der Waals surface area contributed by atoms with Gasteiger partial charge in [0.1, 0.15) is 11.2 Å². The number of piperidine rings is 1. The highest BCUT2D eigenvalue weighted by Crippen LogP contribution is 2.36. The summed E-state index contributed by atoms with van der Waals surface area (Å²) in [5.41, 5.74) is -0.468. The standard InChI is InChI=1S/C15H25NO3.C2H6/c1-12-6-5-7-15(18-12)8-10-16(11-9-15)13(17)19-14(2,3)4;1-2/h6H,5,7-11H2,1-4H3;1-2H3. The molecule has 0 radical (unpaired) electrons. The Bertz CT molecular complexity index is 374. The van der Waals surface area contributed by atoms with Crippen molar-refractivity contribution >= 4 is 6.09 Å². The second kappa shape index (κ2) is 7.19. The van der Waals surface area contributed by atoms with Crippen LogP contribution in [0.15, 0.2) is 11.8 Å². The molecular formula is C17H31NO3. The summed E-state index contributed by atoms with van der Waals surface area (Å²) < 4.78 is 11.4. The minimum Gasteiger partial charge on any atom is -0.492 e. The van der Waals surface area contributed by atoms with E-state index in [4.69, 9.17) is 9.47 Å². The van der Waals surface area contributed by atoms with Gasteiger partial charge >= 0.3 is 6.09 Å². The molecule has 0 aliphatic carbocycles. The zero-order valence-electron chi connectivity index (χ0n) is 14.5. The Morgan fingerprint density at radius 3 is 2.29 bits per heavy atom. The average molecular weight is 297 g/mol. The van der Waals surface area contributed by atoms with E-state index >= 15 is 0 Å². The third-order valence-corrected chi connectivity index (χ3v) is 3.74. The van der Waals surface area contributed by atoms with Gasteiger partial charge in [-0.3, -0.25) is 0 Å². The maximum absolute atomic E-state index is 12.0. The van der Waals surface area contributed by atoms with Crippen LogP contribution in [-0.2, 0) is 9.47 Å². The van der Waals surface area contributed by atoms with E-state index in [-0.39, 0.29) is 11.7 Å². The van der Waals surface area contributed by atoms with Gasteiger partial charge in [0.05, 0.1) is 5.76 Å². The van der Waals surface area contributed by atoms with Crippen molar-refractivity contribution < 1.29 is 14.3 Å². The highest BCUT2D eigenvalue weighted by Gasteiger charge is 2.39. The van der Waals surface area contributed by atoms with E-state index in [1.807, 2.05) is 41.5 Å². The number of hydrogen-bond acceptors (Lipinski definition) is 3. The third-order valence-electron chi connectivity index (χ3n) is 3.74. The quantitative estimate of drug-likeness (QED) is 0.661. The number of hydrogen-bond donors (Lipinski definition) is 0. The molecule has 2 heterocycles. The predicted octanol–water partition coefficient (Wildman–Crippen LogP) is 4.50. The molecule has 122 valence electrons. The summed E-state index contributed by atoms with van der Waals surface area (Å²) in [6, 6.07) is 0. The Hall–Kier alpha value is -1.19. The monoisotopic (exact) mass is 297 g/mol. The predicted molar refractivity (Wildman–Crippen MR) is 85.2 cm³/mol. The normalized spacial score (nSPS) is 20.9. The molecule has 1 amide bonds. The lowest BCUT2D eigenvalue weighted by molar-refractivity contribution is -0.0632. The van der Waals surface area contributed by atoms with Crippen LogP contribution in [-0.4, -0.2) is 35.3 Å². The van der Waals surface area contributed by atoms with E-state index < -0.39 is 5.60 Å². The van der Waals surface area contributed by atoms with Gasteiger partial charge in [0.15, 0.2) is 0 Å². The van der Waals surface area contributed by atoms with Crippen molar-refractivity contribution in [2.45, 2.75) is 78.4 Å². The number of rotatable bonds is 0. The molecule has 2 rings (SSSR count). The molecule has 0 aromatic carbocycles. The first-order chi connectivity index (χ1) is 9.80. The number of nitrogens with zero attached hydrogens (tertiary/aromatic N) is 1. The number of likely N-dealkylation sites (tertiary alicyclic amines) is 1. The summed E-state index contributed by atoms with van der Waals surface area (Å²) in [5.74, 6) is 1.02. The molecule has 0 saturated carbocycles. The van der Waals surface area contributed by atoms with Crippen molar-refractivity contribution in [1.29, 1.82) is 0 Å². The first kappa shape index (κ1) is 17.9. The van der Waals surface area contributed by atoms with Gasteiger partial charge < -0.3 is 14.4 Å². The summed E-state index contributed by atoms with van der Waals surface area (Å²) in [6.07, 6.45) is 5.89. The largest absolute Gasteiger partial charge is 0.492 e. The highest BCUT2D eigenvalue weighted by atomic mass is 16.6. The average Bonchev–Trinajstić information content (AvgIpc) is 2.39. The summed E-state index contributed by atoms with van der Waals surface area (Å²) in [4.78, 5) is 13.8. The Morgan fingerprint density at radius 2 is 1.81 bits per heavy atom. The minimum atomic E-state index is -0.424. The van der Waals surface area contributed by atoms with Crippen LogP contribution in [0.25, 0.3) is 0 Å². The summed E-state index contributed by atoms with van der Waals surface area (Å²) in [6.45, 7) is 13.2. The molecule has 1 spiro atoms. The highest BCUT2D eigenvalue weighted by molar-refractivity contribution is 5.68. The zero-order chi connectivity index (χ0) is 16.1. The lowest BCUT2D eigenvalue weighted by Gasteiger charge is -2.43. The molecule has 0 atom stereocenters. The number of amides is 1. The van der Waals surface area contributed by atoms with Crippen LogP contribution in [0.4, 0.5) is 4.79 Å². The first-order valence-electron chi connectivity index (χ1n) is 8.13. The van der Waals surface area contributed by atoms with Crippen molar-refractivity contribution in [3.05, 3.63) is 11.8 Å². The Morgan fingerprint density at radius 1 is 1.24 bits per heavy atom. The Labute approximate surface area is 129 Å². The summed E-state index contributed by atoms with van der Waals surface area (Å²) in [7, 11) is 0. The third kappa shape index (κ3) is 5.25. The number of allylic oxidation sites excluding steroid dienone is 2. The van der Waals surface area contributed by atoms with Gasteiger partial charge in [-0.1, -0.05) is 13.8 Å². The fourth-order valence-corrected chi connectivity index (χ4v) is 2.75. The smallest absolute Gasteiger partial charge is 0.410 e. The molecule has 2 aliphatic rings. The van der Waals surface area contributed by atoms with Crippen molar-refractivity contribution in [3.8, 4) is 0 Å². The zero-order valence-corrected chi connectivity index (χ0v) is 14.5. The van der Waals surface area contributed by atoms with E-state index in [2.05, 4.69) is 6.08 Å². The first-order valence-corrected chi connectivity index (χ1v) is 8.13. The number of carbonyl (C=O) groups is 1. The lowest BCUT2D eigenvalue weighted by atomic mass is 9.85. The van der Waals surface area contributed by atoms with Crippen LogP contribution in [0.3, 0.4) is 0 Å². The molecule has 21 heavy (non-hydrogen) atoms. The van der Waals surface area contributed by atoms with E-state index in [1.165, 1.54) is 0 Å². The lowest BCUT2D eigenvalue weighted by Crippen LogP contribution is -2.49. The second-order valence-corrected chi connectivity index (χ2v) is 6.61. The van der Waals surface area contributed by atoms with Crippen LogP contribution in [0.2, 0.25) is 0 Å². The molecule has 0 N–H and O–H groups in total. The molecule has 0 unspecified atom stereocenters. The second-order valence-electron chi connectivity index (χ2n) is 6.61. The number of ether oxygens (including phenoxy) is 2. The van der Waals surface area contributed by atoms with Crippen LogP contribution >= 0.6 is 0 Å². The van der Waals surface area contributed by atoms with Crippen LogP contribution < -0.4 is 0 Å². The molecular weight excluding hydrogens is 266 g/mol. The fourth-order valence-electron chi connectivity index (χ4n) is 2.75. The van der Waals surface area contributed by atoms with E-state index in [1.54, 1.807) is 4.90 Å². The molecule has 1 saturated heterocycles. The van der Waals surface area contributed by atoms with Gasteiger partial charge in [0.25, 0.3) is 0 Å². The SMILES string of the molecule is CC.CC1=CCCC2(CCN(C(=O)OC(C)(C)C)CC2)O1. The van der Waals surface area contributed by atoms with Crippen molar-refractivity contribution in [3.63, 3.8) is 0 Å². The molecule has 4 nitrogen and oxygen atoms in total. The Balaban J connectivity index is 0.00000106. The maximum Gasteiger partial charge on any atom is 0.410 e. The van der Waals surface area contributed by atoms with Crippen LogP contribution in [0.1, 0.15) is 67.2 Å². The summed E-state index contributed by atoms with van der Waals surface area (Å²) in [5, 5.41) is 0. The van der Waals surface area contributed by atoms with E-state index in [0.29, 0.717) is 0 Å². The van der Waals surface area contributed by atoms with Gasteiger partial charge in [-0.05, 0) is 46.6 Å². The maximum atomic E-state index is 12.0. The molecule has 4 heteroatoms. The van der Waals surface area contributed by atoms with E-state index in [0.717, 1.165) is 44.5 Å². The summed E-state index contributed by atoms with van der Waals surface area (Å²) >= 11 is 0. The molecule has 0 aromatic heterocycles. The molecule has 1 fully saturated rings. The van der Waals surface area contributed by atoms with Gasteiger partial charge in [0.2, 0.25) is 0 Å². The topological polar surface area (TPSA) is 38.8 Å². The van der Waals surface area contributed by atoms with Gasteiger partial charge in [0, 0.05) is 25.9 Å².